The van der Waals surface area contributed by atoms with E-state index in [1.807, 2.05) is 13.8 Å². The van der Waals surface area contributed by atoms with Crippen LogP contribution < -0.4 is 14.4 Å². The zero-order valence-electron chi connectivity index (χ0n) is 23.2. The SMILES string of the molecule is CCOc1ccccc1N(CC(=O)N(Cc1ccccc1Cl)[C@H](C)C(=O)N[C@@H](C)CC)S(=O)(=O)c1ccccc1. The van der Waals surface area contributed by atoms with Crippen LogP contribution in [-0.2, 0) is 26.2 Å². The molecule has 3 aromatic rings. The maximum atomic E-state index is 14.0. The van der Waals surface area contributed by atoms with Crippen LogP contribution in [0.5, 0.6) is 5.75 Å². The van der Waals surface area contributed by atoms with E-state index in [4.69, 9.17) is 16.3 Å². The van der Waals surface area contributed by atoms with Gasteiger partial charge < -0.3 is 15.0 Å². The zero-order chi connectivity index (χ0) is 29.3. The first kappa shape index (κ1) is 31.0. The average molecular weight is 586 g/mol. The Hall–Kier alpha value is -3.56. The van der Waals surface area contributed by atoms with Crippen LogP contribution in [0, 0.1) is 0 Å². The topological polar surface area (TPSA) is 96.0 Å². The minimum absolute atomic E-state index is 0.0138. The molecule has 3 rings (SSSR count). The van der Waals surface area contributed by atoms with Crippen molar-refractivity contribution in [3.8, 4) is 5.75 Å². The summed E-state index contributed by atoms with van der Waals surface area (Å²) in [7, 11) is -4.19. The van der Waals surface area contributed by atoms with Crippen LogP contribution in [0.3, 0.4) is 0 Å². The minimum atomic E-state index is -4.19. The fraction of sp³-hybridized carbons (Fsp3) is 0.333. The molecular weight excluding hydrogens is 550 g/mol. The first-order valence-electron chi connectivity index (χ1n) is 13.2. The molecule has 0 unspecified atom stereocenters. The molecular formula is C30H36ClN3O5S. The lowest BCUT2D eigenvalue weighted by Crippen LogP contribution is -2.52. The Labute approximate surface area is 241 Å². The molecule has 0 saturated carbocycles. The van der Waals surface area contributed by atoms with E-state index in [1.54, 1.807) is 80.6 Å². The maximum Gasteiger partial charge on any atom is 0.264 e. The monoisotopic (exact) mass is 585 g/mol. The van der Waals surface area contributed by atoms with Crippen molar-refractivity contribution in [3.05, 3.63) is 89.4 Å². The van der Waals surface area contributed by atoms with Crippen molar-refractivity contribution < 1.29 is 22.7 Å². The summed E-state index contributed by atoms with van der Waals surface area (Å²) in [4.78, 5) is 28.6. The highest BCUT2D eigenvalue weighted by Crippen LogP contribution is 2.33. The first-order chi connectivity index (χ1) is 19.1. The van der Waals surface area contributed by atoms with Gasteiger partial charge in [0.2, 0.25) is 11.8 Å². The Bertz CT molecular complexity index is 1400. The van der Waals surface area contributed by atoms with E-state index in [0.29, 0.717) is 29.4 Å². The quantitative estimate of drug-likeness (QED) is 0.295. The van der Waals surface area contributed by atoms with Crippen LogP contribution in [0.4, 0.5) is 5.69 Å². The van der Waals surface area contributed by atoms with Gasteiger partial charge in [0, 0.05) is 17.6 Å². The molecule has 0 aliphatic heterocycles. The zero-order valence-corrected chi connectivity index (χ0v) is 24.8. The molecule has 0 aliphatic carbocycles. The highest BCUT2D eigenvalue weighted by molar-refractivity contribution is 7.92. The molecule has 40 heavy (non-hydrogen) atoms. The number of anilines is 1. The Balaban J connectivity index is 2.07. The molecule has 1 N–H and O–H groups in total. The van der Waals surface area contributed by atoms with Gasteiger partial charge in [0.1, 0.15) is 18.3 Å². The molecule has 8 nitrogen and oxygen atoms in total. The van der Waals surface area contributed by atoms with E-state index in [1.165, 1.54) is 17.0 Å². The van der Waals surface area contributed by atoms with Gasteiger partial charge in [-0.05, 0) is 63.1 Å². The average Bonchev–Trinajstić information content (AvgIpc) is 2.96. The largest absolute Gasteiger partial charge is 0.492 e. The van der Waals surface area contributed by atoms with E-state index in [9.17, 15) is 18.0 Å². The molecule has 0 saturated heterocycles. The van der Waals surface area contributed by atoms with Crippen LogP contribution in [0.15, 0.2) is 83.8 Å². The molecule has 0 fully saturated rings. The third-order valence-corrected chi connectivity index (χ3v) is 8.65. The fourth-order valence-corrected chi connectivity index (χ4v) is 5.67. The second-order valence-electron chi connectivity index (χ2n) is 9.33. The summed E-state index contributed by atoms with van der Waals surface area (Å²) in [5, 5.41) is 3.35. The Morgan fingerprint density at radius 3 is 2.20 bits per heavy atom. The lowest BCUT2D eigenvalue weighted by Gasteiger charge is -2.33. The number of amides is 2. The Morgan fingerprint density at radius 1 is 0.925 bits per heavy atom. The van der Waals surface area contributed by atoms with E-state index in [0.717, 1.165) is 4.31 Å². The van der Waals surface area contributed by atoms with Gasteiger partial charge in [0.25, 0.3) is 10.0 Å². The van der Waals surface area contributed by atoms with Crippen LogP contribution in [0.25, 0.3) is 0 Å². The van der Waals surface area contributed by atoms with Crippen molar-refractivity contribution in [2.45, 2.75) is 57.6 Å². The molecule has 3 aromatic carbocycles. The fourth-order valence-electron chi connectivity index (χ4n) is 4.03. The van der Waals surface area contributed by atoms with Gasteiger partial charge in [0.15, 0.2) is 0 Å². The smallest absolute Gasteiger partial charge is 0.264 e. The van der Waals surface area contributed by atoms with Crippen molar-refractivity contribution in [3.63, 3.8) is 0 Å². The number of nitrogens with one attached hydrogen (secondary N) is 1. The Kier molecular flexibility index (Phi) is 11.0. The van der Waals surface area contributed by atoms with Crippen molar-refractivity contribution in [2.24, 2.45) is 0 Å². The molecule has 2 amide bonds. The second kappa shape index (κ2) is 14.2. The lowest BCUT2D eigenvalue weighted by atomic mass is 10.1. The van der Waals surface area contributed by atoms with E-state index >= 15 is 0 Å². The molecule has 0 radical (unpaired) electrons. The van der Waals surface area contributed by atoms with Gasteiger partial charge >= 0.3 is 0 Å². The predicted octanol–water partition coefficient (Wildman–Crippen LogP) is 5.27. The highest BCUT2D eigenvalue weighted by atomic mass is 35.5. The van der Waals surface area contributed by atoms with Gasteiger partial charge in [-0.1, -0.05) is 67.1 Å². The molecule has 0 bridgehead atoms. The van der Waals surface area contributed by atoms with Gasteiger partial charge in [-0.15, -0.1) is 0 Å². The number of carbonyl (C=O) groups is 2. The predicted molar refractivity (Wildman–Crippen MR) is 158 cm³/mol. The Morgan fingerprint density at radius 2 is 1.55 bits per heavy atom. The third kappa shape index (κ3) is 7.55. The van der Waals surface area contributed by atoms with Crippen LogP contribution in [-0.4, -0.2) is 50.4 Å². The molecule has 0 heterocycles. The van der Waals surface area contributed by atoms with Gasteiger partial charge in [0.05, 0.1) is 17.2 Å². The van der Waals surface area contributed by atoms with Crippen molar-refractivity contribution >= 4 is 39.1 Å². The van der Waals surface area contributed by atoms with Crippen molar-refractivity contribution in [1.29, 1.82) is 0 Å². The number of ether oxygens (including phenoxy) is 1. The molecule has 10 heteroatoms. The molecule has 214 valence electrons. The van der Waals surface area contributed by atoms with E-state index < -0.39 is 28.5 Å². The number of hydrogen-bond acceptors (Lipinski definition) is 5. The third-order valence-electron chi connectivity index (χ3n) is 6.51. The molecule has 0 aliphatic rings. The van der Waals surface area contributed by atoms with E-state index in [-0.39, 0.29) is 29.1 Å². The van der Waals surface area contributed by atoms with E-state index in [2.05, 4.69) is 5.32 Å². The summed E-state index contributed by atoms with van der Waals surface area (Å²) in [5.41, 5.74) is 0.851. The summed E-state index contributed by atoms with van der Waals surface area (Å²) < 4.78 is 34.7. The summed E-state index contributed by atoms with van der Waals surface area (Å²) in [6.07, 6.45) is 0.716. The highest BCUT2D eigenvalue weighted by Gasteiger charge is 2.34. The normalized spacial score (nSPS) is 12.7. The molecule has 0 aromatic heterocycles. The number of para-hydroxylation sites is 2. The van der Waals surface area contributed by atoms with Crippen LogP contribution in [0.1, 0.15) is 39.7 Å². The summed E-state index contributed by atoms with van der Waals surface area (Å²) in [5.74, 6) is -0.600. The number of carbonyl (C=O) groups excluding carboxylic acids is 2. The van der Waals surface area contributed by atoms with Crippen molar-refractivity contribution in [2.75, 3.05) is 17.5 Å². The maximum absolute atomic E-state index is 14.0. The number of hydrogen-bond donors (Lipinski definition) is 1. The summed E-state index contributed by atoms with van der Waals surface area (Å²) in [6, 6.07) is 20.6. The minimum Gasteiger partial charge on any atom is -0.492 e. The van der Waals surface area contributed by atoms with Crippen molar-refractivity contribution in [1.82, 2.24) is 10.2 Å². The number of sulfonamides is 1. The number of benzene rings is 3. The number of halogens is 1. The van der Waals surface area contributed by atoms with Crippen LogP contribution in [0.2, 0.25) is 5.02 Å². The lowest BCUT2D eigenvalue weighted by molar-refractivity contribution is -0.139. The van der Waals surface area contributed by atoms with Gasteiger partial charge in [-0.25, -0.2) is 8.42 Å². The standard InChI is InChI=1S/C30H36ClN3O5S/c1-5-22(3)32-30(36)23(4)33(20-24-14-10-11-17-26(24)31)29(35)21-34(27-18-12-13-19-28(27)39-6-2)40(37,38)25-15-8-7-9-16-25/h7-19,22-23H,5-6,20-21H2,1-4H3,(H,32,36)/t22-,23+/m0/s1. The summed E-state index contributed by atoms with van der Waals surface area (Å²) in [6.45, 7) is 6.99. The molecule has 2 atom stereocenters. The molecule has 0 spiro atoms. The second-order valence-corrected chi connectivity index (χ2v) is 11.6. The van der Waals surface area contributed by atoms with Crippen LogP contribution >= 0.6 is 11.6 Å². The first-order valence-corrected chi connectivity index (χ1v) is 15.0. The van der Waals surface area contributed by atoms with Gasteiger partial charge in [-0.2, -0.15) is 0 Å². The number of nitrogens with zero attached hydrogens (tertiary/aromatic N) is 2. The summed E-state index contributed by atoms with van der Waals surface area (Å²) >= 11 is 6.41. The number of rotatable bonds is 13. The van der Waals surface area contributed by atoms with Gasteiger partial charge in [-0.3, -0.25) is 13.9 Å².